The third-order valence-electron chi connectivity index (χ3n) is 5.18. The molecule has 3 rings (SSSR count). The van der Waals surface area contributed by atoms with Gasteiger partial charge < -0.3 is 15.4 Å². The quantitative estimate of drug-likeness (QED) is 0.524. The van der Waals surface area contributed by atoms with Crippen LogP contribution in [0.3, 0.4) is 0 Å². The number of fused-ring (bicyclic) bond motifs is 1. The summed E-state index contributed by atoms with van der Waals surface area (Å²) in [6.07, 6.45) is -3.45. The number of alkyl halides is 3. The number of sulfonamides is 1. The highest BCUT2D eigenvalue weighted by atomic mass is 32.2. The van der Waals surface area contributed by atoms with E-state index in [9.17, 15) is 26.4 Å². The molecule has 3 heterocycles. The van der Waals surface area contributed by atoms with Crippen LogP contribution in [0.2, 0.25) is 0 Å². The van der Waals surface area contributed by atoms with E-state index in [0.29, 0.717) is 6.54 Å². The third kappa shape index (κ3) is 5.46. The topological polar surface area (TPSA) is 132 Å². The first-order chi connectivity index (χ1) is 15.7. The lowest BCUT2D eigenvalue weighted by Crippen LogP contribution is -2.40. The number of carbonyl (C=O) groups excluding carboxylic acids is 1. The van der Waals surface area contributed by atoms with Crippen molar-refractivity contribution in [1.82, 2.24) is 29.6 Å². The van der Waals surface area contributed by atoms with Gasteiger partial charge in [0.25, 0.3) is 10.0 Å². The highest BCUT2D eigenvalue weighted by molar-refractivity contribution is 7.90. The molecule has 3 N–H and O–H groups in total. The average molecular weight is 508 g/mol. The van der Waals surface area contributed by atoms with E-state index in [4.69, 9.17) is 4.74 Å². The number of halogens is 3. The van der Waals surface area contributed by atoms with E-state index < -0.39 is 34.7 Å². The molecule has 0 bridgehead atoms. The Morgan fingerprint density at radius 2 is 1.94 bits per heavy atom. The van der Waals surface area contributed by atoms with Crippen LogP contribution in [0.1, 0.15) is 50.9 Å². The summed E-state index contributed by atoms with van der Waals surface area (Å²) in [5.41, 5.74) is 0.398. The van der Waals surface area contributed by atoms with Crippen molar-refractivity contribution in [2.24, 2.45) is 0 Å². The number of hydrogen-bond acceptors (Lipinski definition) is 7. The van der Waals surface area contributed by atoms with Gasteiger partial charge in [-0.1, -0.05) is 27.7 Å². The molecule has 11 nitrogen and oxygen atoms in total. The van der Waals surface area contributed by atoms with Crippen molar-refractivity contribution >= 4 is 21.7 Å². The lowest BCUT2D eigenvalue weighted by molar-refractivity contribution is -0.143. The zero-order valence-corrected chi connectivity index (χ0v) is 20.2. The first kappa shape index (κ1) is 25.8. The standard InChI is InChI=1S/C19H28F3N7O4S/c1-10(2)14-15(16(11(3)4)29(26-14)9-19(20,21)22)25-18(30)27-34(31,32)13-6-24-28-7-12(23-5)8-33-17(13)28/h6,10-12,23H,7-9H2,1-5H3,(H2,25,27,30)/t12-/m0/s1. The minimum absolute atomic E-state index is 0.00413. The van der Waals surface area contributed by atoms with Crippen molar-refractivity contribution < 1.29 is 31.1 Å². The molecule has 0 fully saturated rings. The number of nitrogens with one attached hydrogen (secondary N) is 3. The maximum atomic E-state index is 13.1. The second kappa shape index (κ2) is 9.44. The van der Waals surface area contributed by atoms with Crippen molar-refractivity contribution in [3.63, 3.8) is 0 Å². The fraction of sp³-hybridized carbons (Fsp3) is 0.632. The first-order valence-corrected chi connectivity index (χ1v) is 12.1. The molecule has 2 aromatic rings. The lowest BCUT2D eigenvalue weighted by Gasteiger charge is -2.24. The summed E-state index contributed by atoms with van der Waals surface area (Å²) < 4.78 is 74.5. The predicted molar refractivity (Wildman–Crippen MR) is 116 cm³/mol. The summed E-state index contributed by atoms with van der Waals surface area (Å²) in [4.78, 5) is 12.4. The van der Waals surface area contributed by atoms with Crippen molar-refractivity contribution in [3.05, 3.63) is 17.6 Å². The molecule has 1 aliphatic heterocycles. The fourth-order valence-corrected chi connectivity index (χ4v) is 4.64. The van der Waals surface area contributed by atoms with Gasteiger partial charge in [-0.05, 0) is 18.9 Å². The summed E-state index contributed by atoms with van der Waals surface area (Å²) in [5, 5.41) is 13.5. The number of anilines is 1. The molecule has 0 saturated heterocycles. The summed E-state index contributed by atoms with van der Waals surface area (Å²) in [5.74, 6) is -0.781. The molecular weight excluding hydrogens is 479 g/mol. The maximum absolute atomic E-state index is 13.1. The molecule has 1 aliphatic rings. The number of rotatable bonds is 7. The molecule has 0 unspecified atom stereocenters. The SMILES string of the molecule is CN[C@@H]1COc2c(S(=O)(=O)NC(=O)Nc3c(C(C)C)nn(CC(F)(F)F)c3C(C)C)cnn2C1. The van der Waals surface area contributed by atoms with E-state index in [-0.39, 0.29) is 46.4 Å². The average Bonchev–Trinajstić information content (AvgIpc) is 3.27. The predicted octanol–water partition coefficient (Wildman–Crippen LogP) is 2.38. The molecule has 0 spiro atoms. The van der Waals surface area contributed by atoms with Crippen LogP contribution >= 0.6 is 0 Å². The van der Waals surface area contributed by atoms with Crippen LogP contribution in [-0.2, 0) is 23.1 Å². The van der Waals surface area contributed by atoms with Gasteiger partial charge in [0.05, 0.1) is 35.9 Å². The minimum Gasteiger partial charge on any atom is -0.475 e. The highest BCUT2D eigenvalue weighted by Crippen LogP contribution is 2.34. The van der Waals surface area contributed by atoms with E-state index in [1.54, 1.807) is 34.7 Å². The normalized spacial score (nSPS) is 16.5. The van der Waals surface area contributed by atoms with Gasteiger partial charge >= 0.3 is 12.2 Å². The van der Waals surface area contributed by atoms with Crippen LogP contribution in [0.15, 0.2) is 11.1 Å². The number of aromatic nitrogens is 4. The number of urea groups is 1. The number of likely N-dealkylation sites (N-methyl/N-ethyl adjacent to an activating group) is 1. The zero-order chi connectivity index (χ0) is 25.4. The number of carbonyl (C=O) groups is 1. The number of amides is 2. The van der Waals surface area contributed by atoms with Crippen molar-refractivity contribution in [3.8, 4) is 5.88 Å². The van der Waals surface area contributed by atoms with E-state index in [2.05, 4.69) is 20.8 Å². The van der Waals surface area contributed by atoms with Gasteiger partial charge in [-0.15, -0.1) is 0 Å². The van der Waals surface area contributed by atoms with Gasteiger partial charge in [-0.25, -0.2) is 22.6 Å². The van der Waals surface area contributed by atoms with Gasteiger partial charge in [0.2, 0.25) is 5.88 Å². The Hall–Kier alpha value is -2.81. The number of nitrogens with zero attached hydrogens (tertiary/aromatic N) is 4. The van der Waals surface area contributed by atoms with Crippen LogP contribution in [0.5, 0.6) is 5.88 Å². The van der Waals surface area contributed by atoms with Crippen molar-refractivity contribution in [2.75, 3.05) is 19.0 Å². The van der Waals surface area contributed by atoms with Gasteiger partial charge in [0.15, 0.2) is 4.90 Å². The third-order valence-corrected chi connectivity index (χ3v) is 6.49. The van der Waals surface area contributed by atoms with Crippen LogP contribution in [0.25, 0.3) is 0 Å². The molecule has 0 aromatic carbocycles. The van der Waals surface area contributed by atoms with Crippen LogP contribution in [0, 0.1) is 0 Å². The Morgan fingerprint density at radius 3 is 2.50 bits per heavy atom. The van der Waals surface area contributed by atoms with Crippen LogP contribution < -0.4 is 20.1 Å². The van der Waals surface area contributed by atoms with Crippen molar-refractivity contribution in [2.45, 2.75) is 69.7 Å². The lowest BCUT2D eigenvalue weighted by atomic mass is 10.0. The molecule has 15 heteroatoms. The van der Waals surface area contributed by atoms with Gasteiger partial charge in [-0.2, -0.15) is 23.4 Å². The molecule has 0 saturated carbocycles. The number of hydrogen-bond donors (Lipinski definition) is 3. The van der Waals surface area contributed by atoms with Crippen LogP contribution in [0.4, 0.5) is 23.7 Å². The van der Waals surface area contributed by atoms with E-state index >= 15 is 0 Å². The minimum atomic E-state index is -4.53. The monoisotopic (exact) mass is 507 g/mol. The Kier molecular flexibility index (Phi) is 7.17. The Labute approximate surface area is 195 Å². The molecule has 1 atom stereocenters. The van der Waals surface area contributed by atoms with Crippen LogP contribution in [-0.4, -0.2) is 59.9 Å². The summed E-state index contributed by atoms with van der Waals surface area (Å²) in [6.45, 7) is 5.98. The van der Waals surface area contributed by atoms with E-state index in [1.165, 1.54) is 4.68 Å². The van der Waals surface area contributed by atoms with E-state index in [1.807, 2.05) is 4.72 Å². The van der Waals surface area contributed by atoms with E-state index in [0.717, 1.165) is 10.9 Å². The Balaban J connectivity index is 1.88. The zero-order valence-electron chi connectivity index (χ0n) is 19.4. The summed E-state index contributed by atoms with van der Waals surface area (Å²) >= 11 is 0. The number of ether oxygens (including phenoxy) is 1. The highest BCUT2D eigenvalue weighted by Gasteiger charge is 2.34. The molecular formula is C19H28F3N7O4S. The molecule has 0 aliphatic carbocycles. The summed E-state index contributed by atoms with van der Waals surface area (Å²) in [7, 11) is -2.65. The molecule has 0 radical (unpaired) electrons. The second-order valence-electron chi connectivity index (χ2n) is 8.58. The largest absolute Gasteiger partial charge is 0.475 e. The Morgan fingerprint density at radius 1 is 1.26 bits per heavy atom. The Bertz CT molecular complexity index is 1160. The first-order valence-electron chi connectivity index (χ1n) is 10.6. The molecule has 2 aromatic heterocycles. The van der Waals surface area contributed by atoms with Crippen molar-refractivity contribution in [1.29, 1.82) is 0 Å². The van der Waals surface area contributed by atoms with Gasteiger partial charge in [0.1, 0.15) is 13.2 Å². The molecule has 34 heavy (non-hydrogen) atoms. The second-order valence-corrected chi connectivity index (χ2v) is 10.2. The molecule has 2 amide bonds. The van der Waals surface area contributed by atoms with Gasteiger partial charge in [-0.3, -0.25) is 4.68 Å². The van der Waals surface area contributed by atoms with Gasteiger partial charge in [0, 0.05) is 0 Å². The molecule has 190 valence electrons. The smallest absolute Gasteiger partial charge is 0.408 e. The fourth-order valence-electron chi connectivity index (χ4n) is 3.65. The summed E-state index contributed by atoms with van der Waals surface area (Å²) in [6, 6.07) is -1.20. The maximum Gasteiger partial charge on any atom is 0.408 e.